The molecule has 23 heavy (non-hydrogen) atoms. The SMILES string of the molecule is C[C@@H](OCc1ccccc1)C(=O)N1C(=O)[C@H]2CC[C@]1(C)C2(C)C. The second-order valence-corrected chi connectivity index (χ2v) is 7.54. The molecular weight excluding hydrogens is 290 g/mol. The zero-order chi connectivity index (χ0) is 16.8. The van der Waals surface area contributed by atoms with Gasteiger partial charge < -0.3 is 4.74 Å². The highest BCUT2D eigenvalue weighted by Crippen LogP contribution is 2.59. The molecule has 124 valence electrons. The topological polar surface area (TPSA) is 46.6 Å². The van der Waals surface area contributed by atoms with Crippen molar-refractivity contribution in [2.45, 2.75) is 58.8 Å². The van der Waals surface area contributed by atoms with Crippen molar-refractivity contribution < 1.29 is 14.3 Å². The second-order valence-electron chi connectivity index (χ2n) is 7.54. The van der Waals surface area contributed by atoms with Crippen LogP contribution in [0.25, 0.3) is 0 Å². The maximum Gasteiger partial charge on any atom is 0.258 e. The van der Waals surface area contributed by atoms with E-state index in [0.717, 1.165) is 18.4 Å². The van der Waals surface area contributed by atoms with Crippen molar-refractivity contribution in [1.29, 1.82) is 0 Å². The van der Waals surface area contributed by atoms with Crippen LogP contribution in [0, 0.1) is 11.3 Å². The molecule has 1 saturated heterocycles. The number of carbonyl (C=O) groups is 2. The van der Waals surface area contributed by atoms with Gasteiger partial charge in [0.15, 0.2) is 0 Å². The summed E-state index contributed by atoms with van der Waals surface area (Å²) in [7, 11) is 0. The number of rotatable bonds is 4. The van der Waals surface area contributed by atoms with Gasteiger partial charge in [-0.25, -0.2) is 0 Å². The molecule has 0 N–H and O–H groups in total. The molecule has 3 atom stereocenters. The Morgan fingerprint density at radius 3 is 2.52 bits per heavy atom. The summed E-state index contributed by atoms with van der Waals surface area (Å²) < 4.78 is 5.73. The second kappa shape index (κ2) is 5.45. The highest BCUT2D eigenvalue weighted by Gasteiger charge is 2.67. The van der Waals surface area contributed by atoms with Crippen molar-refractivity contribution in [1.82, 2.24) is 4.90 Å². The molecule has 4 nitrogen and oxygen atoms in total. The molecule has 3 rings (SSSR count). The van der Waals surface area contributed by atoms with E-state index in [9.17, 15) is 9.59 Å². The van der Waals surface area contributed by atoms with Gasteiger partial charge in [0.05, 0.1) is 12.1 Å². The first kappa shape index (κ1) is 16.2. The molecule has 0 radical (unpaired) electrons. The number of fused-ring (bicyclic) bond motifs is 2. The van der Waals surface area contributed by atoms with Crippen molar-refractivity contribution in [2.24, 2.45) is 11.3 Å². The maximum absolute atomic E-state index is 12.8. The van der Waals surface area contributed by atoms with E-state index in [4.69, 9.17) is 4.74 Å². The smallest absolute Gasteiger partial charge is 0.258 e. The number of carbonyl (C=O) groups excluding carboxylic acids is 2. The largest absolute Gasteiger partial charge is 0.364 e. The van der Waals surface area contributed by atoms with Crippen molar-refractivity contribution >= 4 is 11.8 Å². The number of piperidine rings is 1. The Labute approximate surface area is 137 Å². The molecule has 1 aromatic carbocycles. The third kappa shape index (κ3) is 2.31. The molecule has 0 unspecified atom stereocenters. The molecule has 0 aromatic heterocycles. The highest BCUT2D eigenvalue weighted by molar-refractivity contribution is 6.02. The molecule has 0 spiro atoms. The van der Waals surface area contributed by atoms with Gasteiger partial charge >= 0.3 is 0 Å². The molecule has 2 fully saturated rings. The normalized spacial score (nSPS) is 29.8. The summed E-state index contributed by atoms with van der Waals surface area (Å²) in [6.45, 7) is 8.36. The minimum absolute atomic E-state index is 0.0242. The van der Waals surface area contributed by atoms with E-state index < -0.39 is 11.6 Å². The molecular formula is C19H25NO3. The number of likely N-dealkylation sites (tertiary alicyclic amines) is 1. The van der Waals surface area contributed by atoms with E-state index in [1.807, 2.05) is 37.3 Å². The van der Waals surface area contributed by atoms with Gasteiger partial charge in [0.25, 0.3) is 5.91 Å². The molecule has 1 saturated carbocycles. The van der Waals surface area contributed by atoms with Gasteiger partial charge in [0, 0.05) is 5.92 Å². The van der Waals surface area contributed by atoms with Crippen molar-refractivity contribution in [3.63, 3.8) is 0 Å². The summed E-state index contributed by atoms with van der Waals surface area (Å²) >= 11 is 0. The molecule has 1 aliphatic carbocycles. The van der Waals surface area contributed by atoms with Crippen LogP contribution in [0.3, 0.4) is 0 Å². The van der Waals surface area contributed by atoms with Crippen molar-refractivity contribution in [2.75, 3.05) is 0 Å². The van der Waals surface area contributed by atoms with Gasteiger partial charge in [-0.1, -0.05) is 44.2 Å². The fraction of sp³-hybridized carbons (Fsp3) is 0.579. The van der Waals surface area contributed by atoms with Gasteiger partial charge in [0.1, 0.15) is 6.10 Å². The zero-order valence-corrected chi connectivity index (χ0v) is 14.3. The fourth-order valence-electron chi connectivity index (χ4n) is 4.12. The van der Waals surface area contributed by atoms with Crippen LogP contribution < -0.4 is 0 Å². The van der Waals surface area contributed by atoms with Crippen LogP contribution >= 0.6 is 0 Å². The summed E-state index contributed by atoms with van der Waals surface area (Å²) in [5, 5.41) is 0. The third-order valence-corrected chi connectivity index (χ3v) is 6.10. The van der Waals surface area contributed by atoms with Gasteiger partial charge in [0.2, 0.25) is 5.91 Å². The summed E-state index contributed by atoms with van der Waals surface area (Å²) in [5.74, 6) is -0.273. The zero-order valence-electron chi connectivity index (χ0n) is 14.3. The van der Waals surface area contributed by atoms with Crippen LogP contribution in [-0.2, 0) is 20.9 Å². The number of benzene rings is 1. The Hall–Kier alpha value is -1.68. The molecule has 4 heteroatoms. The average Bonchev–Trinajstić information content (AvgIpc) is 2.83. The third-order valence-electron chi connectivity index (χ3n) is 6.10. The van der Waals surface area contributed by atoms with Crippen LogP contribution in [0.1, 0.15) is 46.1 Å². The van der Waals surface area contributed by atoms with Crippen LogP contribution in [0.2, 0.25) is 0 Å². The van der Waals surface area contributed by atoms with Crippen LogP contribution in [-0.4, -0.2) is 28.4 Å². The lowest BCUT2D eigenvalue weighted by molar-refractivity contribution is -0.158. The Bertz CT molecular complexity index is 625. The number of ether oxygens (including phenoxy) is 1. The standard InChI is InChI=1S/C19H25NO3/c1-13(23-12-14-8-6-5-7-9-14)16(21)20-17(22)15-10-11-19(20,4)18(15,2)3/h5-9,13,15H,10-12H2,1-4H3/t13-,15-,19-/m1/s1. The Kier molecular flexibility index (Phi) is 3.83. The monoisotopic (exact) mass is 315 g/mol. The van der Waals surface area contributed by atoms with Gasteiger partial charge in [-0.15, -0.1) is 0 Å². The Morgan fingerprint density at radius 2 is 1.96 bits per heavy atom. The van der Waals surface area contributed by atoms with Gasteiger partial charge in [-0.05, 0) is 37.7 Å². The first-order valence-corrected chi connectivity index (χ1v) is 8.32. The van der Waals surface area contributed by atoms with E-state index >= 15 is 0 Å². The first-order valence-electron chi connectivity index (χ1n) is 8.32. The Morgan fingerprint density at radius 1 is 1.30 bits per heavy atom. The fourth-order valence-corrected chi connectivity index (χ4v) is 4.12. The number of imide groups is 1. The van der Waals surface area contributed by atoms with Gasteiger partial charge in [-0.3, -0.25) is 14.5 Å². The molecule has 1 aromatic rings. The number of hydrogen-bond acceptors (Lipinski definition) is 3. The first-order chi connectivity index (χ1) is 10.8. The van der Waals surface area contributed by atoms with E-state index in [-0.39, 0.29) is 23.1 Å². The predicted molar refractivity (Wildman–Crippen MR) is 87.5 cm³/mol. The molecule has 2 bridgehead atoms. The van der Waals surface area contributed by atoms with Crippen LogP contribution in [0.15, 0.2) is 30.3 Å². The lowest BCUT2D eigenvalue weighted by Crippen LogP contribution is -2.55. The minimum Gasteiger partial charge on any atom is -0.364 e. The van der Waals surface area contributed by atoms with Gasteiger partial charge in [-0.2, -0.15) is 0 Å². The summed E-state index contributed by atoms with van der Waals surface area (Å²) in [6, 6.07) is 9.76. The molecule has 2 aliphatic rings. The lowest BCUT2D eigenvalue weighted by atomic mass is 9.75. The number of hydrogen-bond donors (Lipinski definition) is 0. The van der Waals surface area contributed by atoms with Crippen molar-refractivity contribution in [3.05, 3.63) is 35.9 Å². The lowest BCUT2D eigenvalue weighted by Gasteiger charge is -2.40. The summed E-state index contributed by atoms with van der Waals surface area (Å²) in [4.78, 5) is 27.0. The van der Waals surface area contributed by atoms with E-state index in [1.165, 1.54) is 4.90 Å². The van der Waals surface area contributed by atoms with Crippen LogP contribution in [0.4, 0.5) is 0 Å². The molecule has 1 heterocycles. The maximum atomic E-state index is 12.8. The van der Waals surface area contributed by atoms with E-state index in [0.29, 0.717) is 6.61 Å². The summed E-state index contributed by atoms with van der Waals surface area (Å²) in [6.07, 6.45) is 1.14. The average molecular weight is 315 g/mol. The highest BCUT2D eigenvalue weighted by atomic mass is 16.5. The number of nitrogens with zero attached hydrogens (tertiary/aromatic N) is 1. The van der Waals surface area contributed by atoms with Crippen LogP contribution in [0.5, 0.6) is 0 Å². The number of amides is 2. The Balaban J connectivity index is 1.72. The predicted octanol–water partition coefficient (Wildman–Crippen LogP) is 3.16. The van der Waals surface area contributed by atoms with Crippen molar-refractivity contribution in [3.8, 4) is 0 Å². The van der Waals surface area contributed by atoms with E-state index in [1.54, 1.807) is 6.92 Å². The van der Waals surface area contributed by atoms with E-state index in [2.05, 4.69) is 13.8 Å². The molecule has 1 aliphatic heterocycles. The molecule has 2 amide bonds. The minimum atomic E-state index is -0.619. The quantitative estimate of drug-likeness (QED) is 0.857. The summed E-state index contributed by atoms with van der Waals surface area (Å²) in [5.41, 5.74) is 0.461.